The van der Waals surface area contributed by atoms with Gasteiger partial charge in [0.15, 0.2) is 0 Å². The van der Waals surface area contributed by atoms with Crippen molar-refractivity contribution in [2.24, 2.45) is 0 Å². The van der Waals surface area contributed by atoms with E-state index >= 15 is 0 Å². The van der Waals surface area contributed by atoms with E-state index in [4.69, 9.17) is 4.42 Å². The normalized spacial score (nSPS) is 12.0. The molecule has 0 saturated heterocycles. The van der Waals surface area contributed by atoms with Crippen molar-refractivity contribution in [3.05, 3.63) is 41.7 Å². The lowest BCUT2D eigenvalue weighted by Gasteiger charge is -2.18. The van der Waals surface area contributed by atoms with Crippen molar-refractivity contribution in [1.29, 1.82) is 0 Å². The summed E-state index contributed by atoms with van der Waals surface area (Å²) in [5.41, 5.74) is 0.551. The first kappa shape index (κ1) is 14.4. The first-order chi connectivity index (χ1) is 10.3. The van der Waals surface area contributed by atoms with Crippen molar-refractivity contribution in [2.45, 2.75) is 19.6 Å². The van der Waals surface area contributed by atoms with Gasteiger partial charge in [-0.3, -0.25) is 0 Å². The molecule has 116 valence electrons. The molecule has 6 nitrogen and oxygen atoms in total. The Morgan fingerprint density at radius 2 is 2.09 bits per heavy atom. The Kier molecular flexibility index (Phi) is 3.27. The Hall–Kier alpha value is -2.58. The second-order valence-corrected chi connectivity index (χ2v) is 4.84. The van der Waals surface area contributed by atoms with Crippen LogP contribution in [0.3, 0.4) is 0 Å². The van der Waals surface area contributed by atoms with Crippen molar-refractivity contribution in [1.82, 2.24) is 19.6 Å². The first-order valence-electron chi connectivity index (χ1n) is 6.40. The van der Waals surface area contributed by atoms with Crippen molar-refractivity contribution >= 4 is 11.6 Å². The summed E-state index contributed by atoms with van der Waals surface area (Å²) in [5.74, 6) is -0.171. The van der Waals surface area contributed by atoms with E-state index in [0.717, 1.165) is 4.52 Å². The first-order valence-corrected chi connectivity index (χ1v) is 6.40. The highest BCUT2D eigenvalue weighted by molar-refractivity contribution is 5.47. The second kappa shape index (κ2) is 5.00. The number of nitrogens with zero attached hydrogens (tertiary/aromatic N) is 5. The molecule has 0 aliphatic rings. The zero-order valence-electron chi connectivity index (χ0n) is 11.8. The van der Waals surface area contributed by atoms with Crippen LogP contribution in [-0.4, -0.2) is 26.6 Å². The van der Waals surface area contributed by atoms with Gasteiger partial charge >= 0.3 is 6.18 Å². The Labute approximate surface area is 123 Å². The van der Waals surface area contributed by atoms with Crippen LogP contribution in [0.2, 0.25) is 0 Å². The van der Waals surface area contributed by atoms with Gasteiger partial charge in [-0.05, 0) is 19.1 Å². The summed E-state index contributed by atoms with van der Waals surface area (Å²) >= 11 is 0. The maximum absolute atomic E-state index is 12.8. The van der Waals surface area contributed by atoms with E-state index in [1.165, 1.54) is 6.26 Å². The number of rotatable bonds is 3. The molecular weight excluding hydrogens is 299 g/mol. The number of aryl methyl sites for hydroxylation is 1. The van der Waals surface area contributed by atoms with Crippen LogP contribution in [0.5, 0.6) is 0 Å². The molecular formula is C13H12F3N5O. The molecule has 0 amide bonds. The molecule has 0 bridgehead atoms. The lowest BCUT2D eigenvalue weighted by molar-refractivity contribution is -0.144. The van der Waals surface area contributed by atoms with Crippen LogP contribution in [0.15, 0.2) is 28.9 Å². The van der Waals surface area contributed by atoms with Crippen molar-refractivity contribution < 1.29 is 17.6 Å². The van der Waals surface area contributed by atoms with Crippen molar-refractivity contribution in [2.75, 3.05) is 11.9 Å². The van der Waals surface area contributed by atoms with E-state index in [9.17, 15) is 13.2 Å². The monoisotopic (exact) mass is 311 g/mol. The lowest BCUT2D eigenvalue weighted by Crippen LogP contribution is -2.20. The molecule has 0 spiro atoms. The molecule has 0 unspecified atom stereocenters. The number of hydrogen-bond donors (Lipinski definition) is 0. The average Bonchev–Trinajstić information content (AvgIpc) is 3.05. The predicted molar refractivity (Wildman–Crippen MR) is 71.3 cm³/mol. The van der Waals surface area contributed by atoms with Crippen LogP contribution in [0.1, 0.15) is 17.3 Å². The molecule has 22 heavy (non-hydrogen) atoms. The topological polar surface area (TPSA) is 59.5 Å². The van der Waals surface area contributed by atoms with Crippen LogP contribution in [-0.2, 0) is 12.7 Å². The number of furan rings is 1. The molecule has 3 aromatic heterocycles. The van der Waals surface area contributed by atoms with Gasteiger partial charge < -0.3 is 9.32 Å². The smallest absolute Gasteiger partial charge is 0.453 e. The number of anilines is 1. The quantitative estimate of drug-likeness (QED) is 0.744. The lowest BCUT2D eigenvalue weighted by atomic mass is 10.3. The third-order valence-corrected chi connectivity index (χ3v) is 3.04. The summed E-state index contributed by atoms with van der Waals surface area (Å²) in [6, 6.07) is 5.17. The zero-order chi connectivity index (χ0) is 15.9. The number of hydrogen-bond acceptors (Lipinski definition) is 5. The molecule has 0 N–H and O–H groups in total. The fourth-order valence-corrected chi connectivity index (χ4v) is 2.08. The summed E-state index contributed by atoms with van der Waals surface area (Å²) in [4.78, 5) is 9.16. The SMILES string of the molecule is Cc1cc(N(C)Cc2ccco2)n2nc(C(F)(F)F)nc2n1. The number of fused-ring (bicyclic) bond motifs is 1. The zero-order valence-corrected chi connectivity index (χ0v) is 11.8. The summed E-state index contributed by atoms with van der Waals surface area (Å²) in [6.45, 7) is 2.07. The molecule has 0 aliphatic carbocycles. The molecule has 0 aromatic carbocycles. The minimum absolute atomic E-state index is 0.0892. The molecule has 0 aliphatic heterocycles. The van der Waals surface area contributed by atoms with Crippen molar-refractivity contribution in [3.63, 3.8) is 0 Å². The van der Waals surface area contributed by atoms with Gasteiger partial charge in [0, 0.05) is 18.8 Å². The number of aromatic nitrogens is 4. The van der Waals surface area contributed by atoms with Gasteiger partial charge in [-0.2, -0.15) is 22.7 Å². The highest BCUT2D eigenvalue weighted by atomic mass is 19.4. The van der Waals surface area contributed by atoms with E-state index in [2.05, 4.69) is 15.1 Å². The van der Waals surface area contributed by atoms with E-state index in [-0.39, 0.29) is 5.78 Å². The Morgan fingerprint density at radius 3 is 2.73 bits per heavy atom. The third-order valence-electron chi connectivity index (χ3n) is 3.04. The average molecular weight is 311 g/mol. The summed E-state index contributed by atoms with van der Waals surface area (Å²) in [5, 5.41) is 3.52. The van der Waals surface area contributed by atoms with Gasteiger partial charge in [0.2, 0.25) is 0 Å². The highest BCUT2D eigenvalue weighted by Crippen LogP contribution is 2.27. The van der Waals surface area contributed by atoms with Gasteiger partial charge in [0.1, 0.15) is 11.6 Å². The molecule has 0 saturated carbocycles. The minimum atomic E-state index is -4.61. The van der Waals surface area contributed by atoms with Gasteiger partial charge in [0.25, 0.3) is 11.6 Å². The highest BCUT2D eigenvalue weighted by Gasteiger charge is 2.37. The molecule has 0 radical (unpaired) electrons. The van der Waals surface area contributed by atoms with Crippen molar-refractivity contribution in [3.8, 4) is 0 Å². The largest absolute Gasteiger partial charge is 0.467 e. The number of alkyl halides is 3. The van der Waals surface area contributed by atoms with Gasteiger partial charge in [-0.1, -0.05) is 0 Å². The van der Waals surface area contributed by atoms with E-state index in [1.807, 2.05) is 0 Å². The van der Waals surface area contributed by atoms with E-state index in [0.29, 0.717) is 23.8 Å². The minimum Gasteiger partial charge on any atom is -0.467 e. The molecule has 0 fully saturated rings. The Bertz CT molecular complexity index is 794. The molecule has 3 aromatic rings. The van der Waals surface area contributed by atoms with Crippen LogP contribution >= 0.6 is 0 Å². The van der Waals surface area contributed by atoms with Crippen LogP contribution < -0.4 is 4.90 Å². The second-order valence-electron chi connectivity index (χ2n) is 4.84. The van der Waals surface area contributed by atoms with Crippen LogP contribution in [0.4, 0.5) is 19.0 Å². The van der Waals surface area contributed by atoms with E-state index in [1.54, 1.807) is 37.1 Å². The molecule has 3 rings (SSSR count). The number of halogens is 3. The summed E-state index contributed by atoms with van der Waals surface area (Å²) in [6.07, 6.45) is -3.08. The summed E-state index contributed by atoms with van der Waals surface area (Å²) in [7, 11) is 1.73. The standard InChI is InChI=1S/C13H12F3N5O/c1-8-6-10(20(2)7-9-4-3-5-22-9)21-12(17-8)18-11(19-21)13(14,15)16/h3-6H,7H2,1-2H3. The molecule has 3 heterocycles. The Morgan fingerprint density at radius 1 is 1.32 bits per heavy atom. The fraction of sp³-hybridized carbons (Fsp3) is 0.308. The third kappa shape index (κ3) is 2.61. The molecule has 9 heteroatoms. The van der Waals surface area contributed by atoms with Crippen LogP contribution in [0, 0.1) is 6.92 Å². The maximum atomic E-state index is 12.8. The van der Waals surface area contributed by atoms with Gasteiger partial charge in [-0.15, -0.1) is 5.10 Å². The Balaban J connectivity index is 2.06. The van der Waals surface area contributed by atoms with E-state index < -0.39 is 12.0 Å². The van der Waals surface area contributed by atoms with Crippen LogP contribution in [0.25, 0.3) is 5.78 Å². The maximum Gasteiger partial charge on any atom is 0.453 e. The fourth-order valence-electron chi connectivity index (χ4n) is 2.08. The predicted octanol–water partition coefficient (Wildman–Crippen LogP) is 2.68. The molecule has 0 atom stereocenters. The van der Waals surface area contributed by atoms with Gasteiger partial charge in [0.05, 0.1) is 12.8 Å². The van der Waals surface area contributed by atoms with Gasteiger partial charge in [-0.25, -0.2) is 4.98 Å². The summed E-state index contributed by atoms with van der Waals surface area (Å²) < 4.78 is 44.6.